The lowest BCUT2D eigenvalue weighted by molar-refractivity contribution is -0.122. The number of aromatic nitrogens is 2. The molecule has 2 aromatic carbocycles. The molecule has 132 valence electrons. The summed E-state index contributed by atoms with van der Waals surface area (Å²) in [6, 6.07) is 22.6. The first kappa shape index (κ1) is 17.6. The molecule has 5 heteroatoms. The van der Waals surface area contributed by atoms with E-state index in [0.29, 0.717) is 5.69 Å². The summed E-state index contributed by atoms with van der Waals surface area (Å²) in [7, 11) is 0. The lowest BCUT2D eigenvalue weighted by Crippen LogP contribution is -2.39. The topological polar surface area (TPSA) is 64.0 Å². The minimum absolute atomic E-state index is 0.0297. The van der Waals surface area contributed by atoms with Gasteiger partial charge in [-0.05, 0) is 25.0 Å². The van der Waals surface area contributed by atoms with Crippen LogP contribution in [0.1, 0.15) is 12.5 Å². The van der Waals surface area contributed by atoms with Crippen LogP contribution in [0.5, 0.6) is 0 Å². The Bertz CT molecular complexity index is 921. The molecule has 1 heterocycles. The first-order chi connectivity index (χ1) is 12.6. The number of hydrogen-bond acceptors (Lipinski definition) is 3. The molecule has 3 aromatic rings. The monoisotopic (exact) mass is 347 g/mol. The number of nitrogens with zero attached hydrogens (tertiary/aromatic N) is 2. The van der Waals surface area contributed by atoms with Crippen molar-refractivity contribution in [1.82, 2.24) is 15.1 Å². The van der Waals surface area contributed by atoms with Gasteiger partial charge in [-0.2, -0.15) is 5.10 Å². The second-order valence-electron chi connectivity index (χ2n) is 6.24. The Hall–Kier alpha value is -3.21. The van der Waals surface area contributed by atoms with E-state index in [1.165, 1.54) is 10.7 Å². The minimum Gasteiger partial charge on any atom is -0.352 e. The standard InChI is InChI=1S/C21H21N3O2/c1-16(14-17-8-4-2-5-9-17)22-20(25)15-24-21(26)13-12-19(23-24)18-10-6-3-7-11-18/h2-13,16H,14-15H2,1H3,(H,22,25). The van der Waals surface area contributed by atoms with Crippen LogP contribution in [0, 0.1) is 0 Å². The van der Waals surface area contributed by atoms with Gasteiger partial charge in [0.05, 0.1) is 5.69 Å². The highest BCUT2D eigenvalue weighted by molar-refractivity contribution is 5.76. The van der Waals surface area contributed by atoms with Crippen molar-refractivity contribution in [3.8, 4) is 11.3 Å². The van der Waals surface area contributed by atoms with Gasteiger partial charge in [0.2, 0.25) is 5.91 Å². The summed E-state index contributed by atoms with van der Waals surface area (Å²) in [5.41, 5.74) is 2.42. The maximum atomic E-state index is 12.3. The highest BCUT2D eigenvalue weighted by Gasteiger charge is 2.11. The highest BCUT2D eigenvalue weighted by atomic mass is 16.2. The van der Waals surface area contributed by atoms with E-state index in [-0.39, 0.29) is 24.1 Å². The summed E-state index contributed by atoms with van der Waals surface area (Å²) in [6.07, 6.45) is 0.735. The van der Waals surface area contributed by atoms with E-state index < -0.39 is 0 Å². The third kappa shape index (κ3) is 4.66. The van der Waals surface area contributed by atoms with Crippen LogP contribution in [0.3, 0.4) is 0 Å². The second kappa shape index (κ2) is 8.25. The van der Waals surface area contributed by atoms with Crippen molar-refractivity contribution in [2.75, 3.05) is 0 Å². The molecule has 0 bridgehead atoms. The number of carbonyl (C=O) groups is 1. The van der Waals surface area contributed by atoms with Gasteiger partial charge in [-0.3, -0.25) is 9.59 Å². The van der Waals surface area contributed by atoms with Gasteiger partial charge in [0.25, 0.3) is 5.56 Å². The molecule has 1 aromatic heterocycles. The molecule has 0 radical (unpaired) electrons. The fourth-order valence-electron chi connectivity index (χ4n) is 2.80. The summed E-state index contributed by atoms with van der Waals surface area (Å²) >= 11 is 0. The number of nitrogens with one attached hydrogen (secondary N) is 1. The van der Waals surface area contributed by atoms with Crippen molar-refractivity contribution in [2.45, 2.75) is 25.9 Å². The van der Waals surface area contributed by atoms with E-state index in [9.17, 15) is 9.59 Å². The minimum atomic E-state index is -0.296. The molecule has 0 fully saturated rings. The largest absolute Gasteiger partial charge is 0.352 e. The van der Waals surface area contributed by atoms with Crippen molar-refractivity contribution in [1.29, 1.82) is 0 Å². The van der Waals surface area contributed by atoms with Gasteiger partial charge in [0.15, 0.2) is 0 Å². The second-order valence-corrected chi connectivity index (χ2v) is 6.24. The van der Waals surface area contributed by atoms with E-state index in [1.807, 2.05) is 67.6 Å². The maximum absolute atomic E-state index is 12.3. The maximum Gasteiger partial charge on any atom is 0.267 e. The van der Waals surface area contributed by atoms with Gasteiger partial charge < -0.3 is 5.32 Å². The van der Waals surface area contributed by atoms with Crippen LogP contribution in [-0.2, 0) is 17.8 Å². The third-order valence-corrected chi connectivity index (χ3v) is 4.02. The summed E-state index contributed by atoms with van der Waals surface area (Å²) in [6.45, 7) is 1.85. The van der Waals surface area contributed by atoms with E-state index in [4.69, 9.17) is 0 Å². The van der Waals surface area contributed by atoms with Crippen molar-refractivity contribution in [2.24, 2.45) is 0 Å². The molecule has 1 atom stereocenters. The summed E-state index contributed by atoms with van der Waals surface area (Å²) in [5, 5.41) is 7.24. The number of benzene rings is 2. The fourth-order valence-corrected chi connectivity index (χ4v) is 2.80. The van der Waals surface area contributed by atoms with E-state index in [1.54, 1.807) is 6.07 Å². The zero-order valence-corrected chi connectivity index (χ0v) is 14.6. The highest BCUT2D eigenvalue weighted by Crippen LogP contribution is 2.13. The van der Waals surface area contributed by atoms with Gasteiger partial charge in [0, 0.05) is 17.7 Å². The Kier molecular flexibility index (Phi) is 5.59. The zero-order valence-electron chi connectivity index (χ0n) is 14.6. The molecule has 0 aliphatic rings. The average molecular weight is 347 g/mol. The Morgan fingerprint density at radius 1 is 1.00 bits per heavy atom. The Morgan fingerprint density at radius 3 is 2.35 bits per heavy atom. The quantitative estimate of drug-likeness (QED) is 0.746. The van der Waals surface area contributed by atoms with Gasteiger partial charge in [-0.1, -0.05) is 60.7 Å². The first-order valence-electron chi connectivity index (χ1n) is 8.59. The van der Waals surface area contributed by atoms with E-state index in [0.717, 1.165) is 17.5 Å². The van der Waals surface area contributed by atoms with Gasteiger partial charge in [-0.25, -0.2) is 4.68 Å². The van der Waals surface area contributed by atoms with Crippen molar-refractivity contribution >= 4 is 5.91 Å². The normalized spacial score (nSPS) is 11.7. The van der Waals surface area contributed by atoms with Crippen LogP contribution >= 0.6 is 0 Å². The number of hydrogen-bond donors (Lipinski definition) is 1. The molecule has 1 amide bonds. The SMILES string of the molecule is CC(Cc1ccccc1)NC(=O)Cn1nc(-c2ccccc2)ccc1=O. The number of rotatable bonds is 6. The van der Waals surface area contributed by atoms with Crippen LogP contribution in [0.4, 0.5) is 0 Å². The summed E-state index contributed by atoms with van der Waals surface area (Å²) in [4.78, 5) is 24.3. The number of amides is 1. The predicted octanol–water partition coefficient (Wildman–Crippen LogP) is 2.66. The molecule has 0 saturated heterocycles. The molecule has 0 spiro atoms. The molecule has 1 N–H and O–H groups in total. The molecular formula is C21H21N3O2. The van der Waals surface area contributed by atoms with Crippen molar-refractivity contribution < 1.29 is 4.79 Å². The first-order valence-corrected chi connectivity index (χ1v) is 8.59. The molecule has 0 saturated carbocycles. The Labute approximate surface area is 152 Å². The van der Waals surface area contributed by atoms with Gasteiger partial charge in [0.1, 0.15) is 6.54 Å². The van der Waals surface area contributed by atoms with Crippen LogP contribution < -0.4 is 10.9 Å². The third-order valence-electron chi connectivity index (χ3n) is 4.02. The Morgan fingerprint density at radius 2 is 1.65 bits per heavy atom. The van der Waals surface area contributed by atoms with Crippen molar-refractivity contribution in [3.63, 3.8) is 0 Å². The lowest BCUT2D eigenvalue weighted by atomic mass is 10.1. The molecule has 1 unspecified atom stereocenters. The van der Waals surface area contributed by atoms with Crippen LogP contribution in [-0.4, -0.2) is 21.7 Å². The fraction of sp³-hybridized carbons (Fsp3) is 0.190. The molecular weight excluding hydrogens is 326 g/mol. The van der Waals surface area contributed by atoms with Crippen LogP contribution in [0.2, 0.25) is 0 Å². The van der Waals surface area contributed by atoms with Crippen LogP contribution in [0.25, 0.3) is 11.3 Å². The summed E-state index contributed by atoms with van der Waals surface area (Å²) in [5.74, 6) is -0.228. The average Bonchev–Trinajstić information content (AvgIpc) is 2.65. The molecule has 26 heavy (non-hydrogen) atoms. The lowest BCUT2D eigenvalue weighted by Gasteiger charge is -2.14. The van der Waals surface area contributed by atoms with E-state index >= 15 is 0 Å². The van der Waals surface area contributed by atoms with Gasteiger partial charge >= 0.3 is 0 Å². The van der Waals surface area contributed by atoms with Crippen molar-refractivity contribution in [3.05, 3.63) is 88.7 Å². The zero-order chi connectivity index (χ0) is 18.4. The van der Waals surface area contributed by atoms with E-state index in [2.05, 4.69) is 10.4 Å². The number of carbonyl (C=O) groups excluding carboxylic acids is 1. The molecule has 3 rings (SSSR count). The molecule has 0 aliphatic carbocycles. The summed E-state index contributed by atoms with van der Waals surface area (Å²) < 4.78 is 1.20. The molecule has 5 nitrogen and oxygen atoms in total. The predicted molar refractivity (Wildman–Crippen MR) is 102 cm³/mol. The van der Waals surface area contributed by atoms with Crippen LogP contribution in [0.15, 0.2) is 77.6 Å². The van der Waals surface area contributed by atoms with Gasteiger partial charge in [-0.15, -0.1) is 0 Å². The molecule has 0 aliphatic heterocycles. The Balaban J connectivity index is 1.66. The smallest absolute Gasteiger partial charge is 0.267 e.